The third kappa shape index (κ3) is 2.74. The van der Waals surface area contributed by atoms with E-state index in [1.807, 2.05) is 0 Å². The Hall–Kier alpha value is -1.32. The number of nitrogens with one attached hydrogen (secondary N) is 1. The highest BCUT2D eigenvalue weighted by Crippen LogP contribution is 2.29. The molecule has 1 fully saturated rings. The van der Waals surface area contributed by atoms with E-state index in [-0.39, 0.29) is 12.4 Å². The fourth-order valence-corrected chi connectivity index (χ4v) is 2.87. The van der Waals surface area contributed by atoms with E-state index in [1.165, 1.54) is 22.2 Å². The summed E-state index contributed by atoms with van der Waals surface area (Å²) in [5.41, 5.74) is 4.98. The van der Waals surface area contributed by atoms with Crippen molar-refractivity contribution in [1.82, 2.24) is 10.3 Å². The number of halogens is 1. The van der Waals surface area contributed by atoms with Crippen LogP contribution < -0.4 is 10.2 Å². The number of benzene rings is 1. The number of rotatable bonds is 2. The normalized spacial score (nSPS) is 15.2. The number of aryl methyl sites for hydroxylation is 2. The molecule has 0 saturated carbocycles. The summed E-state index contributed by atoms with van der Waals surface area (Å²) in [6, 6.07) is 8.78. The van der Waals surface area contributed by atoms with Crippen molar-refractivity contribution in [1.29, 1.82) is 0 Å². The van der Waals surface area contributed by atoms with Gasteiger partial charge in [-0.15, -0.1) is 12.4 Å². The number of nitrogens with zero attached hydrogens (tertiary/aromatic N) is 2. The van der Waals surface area contributed by atoms with Gasteiger partial charge < -0.3 is 10.2 Å². The zero-order chi connectivity index (χ0) is 13.2. The van der Waals surface area contributed by atoms with E-state index in [0.29, 0.717) is 0 Å². The van der Waals surface area contributed by atoms with Gasteiger partial charge in [0.1, 0.15) is 0 Å². The molecule has 0 unspecified atom stereocenters. The zero-order valence-corrected chi connectivity index (χ0v) is 13.0. The zero-order valence-electron chi connectivity index (χ0n) is 12.1. The van der Waals surface area contributed by atoms with Crippen molar-refractivity contribution in [2.75, 3.05) is 31.1 Å². The number of aromatic nitrogens is 1. The molecule has 0 amide bonds. The summed E-state index contributed by atoms with van der Waals surface area (Å²) in [5.74, 6) is 0. The SMILES string of the molecule is CCc1cccc2c(N3CCNCC3)cc(C)nc12.Cl. The molecule has 1 N–H and O–H groups in total. The van der Waals surface area contributed by atoms with Gasteiger partial charge in [0.25, 0.3) is 0 Å². The van der Waals surface area contributed by atoms with Crippen molar-refractivity contribution < 1.29 is 0 Å². The maximum atomic E-state index is 4.76. The molecule has 0 atom stereocenters. The molecule has 3 rings (SSSR count). The maximum Gasteiger partial charge on any atom is 0.0757 e. The summed E-state index contributed by atoms with van der Waals surface area (Å²) in [4.78, 5) is 7.24. The van der Waals surface area contributed by atoms with E-state index in [9.17, 15) is 0 Å². The number of anilines is 1. The van der Waals surface area contributed by atoms with Gasteiger partial charge >= 0.3 is 0 Å². The van der Waals surface area contributed by atoms with Crippen LogP contribution in [0.15, 0.2) is 24.3 Å². The Bertz CT molecular complexity index is 592. The molecule has 4 heteroatoms. The van der Waals surface area contributed by atoms with E-state index < -0.39 is 0 Å². The van der Waals surface area contributed by atoms with Crippen molar-refractivity contribution in [2.45, 2.75) is 20.3 Å². The van der Waals surface area contributed by atoms with Gasteiger partial charge in [0, 0.05) is 42.9 Å². The first-order valence-electron chi connectivity index (χ1n) is 7.14. The van der Waals surface area contributed by atoms with Crippen LogP contribution in [0.1, 0.15) is 18.2 Å². The van der Waals surface area contributed by atoms with Crippen molar-refractivity contribution in [3.8, 4) is 0 Å². The predicted molar refractivity (Wildman–Crippen MR) is 88.2 cm³/mol. The second-order valence-electron chi connectivity index (χ2n) is 5.19. The van der Waals surface area contributed by atoms with Crippen LogP contribution in [0.5, 0.6) is 0 Å². The second kappa shape index (κ2) is 6.42. The van der Waals surface area contributed by atoms with Gasteiger partial charge in [-0.3, -0.25) is 4.98 Å². The quantitative estimate of drug-likeness (QED) is 0.922. The van der Waals surface area contributed by atoms with Gasteiger partial charge in [-0.1, -0.05) is 25.1 Å². The third-order valence-corrected chi connectivity index (χ3v) is 3.87. The van der Waals surface area contributed by atoms with Crippen LogP contribution in [0.3, 0.4) is 0 Å². The van der Waals surface area contributed by atoms with Gasteiger partial charge in [-0.25, -0.2) is 0 Å². The van der Waals surface area contributed by atoms with Crippen molar-refractivity contribution in [3.05, 3.63) is 35.5 Å². The minimum atomic E-state index is 0. The summed E-state index contributed by atoms with van der Waals surface area (Å²) < 4.78 is 0. The molecule has 20 heavy (non-hydrogen) atoms. The summed E-state index contributed by atoms with van der Waals surface area (Å²) >= 11 is 0. The van der Waals surface area contributed by atoms with Crippen LogP contribution in [0.4, 0.5) is 5.69 Å². The average Bonchev–Trinajstić information content (AvgIpc) is 2.46. The molecular formula is C16H22ClN3. The number of hydrogen-bond donors (Lipinski definition) is 1. The number of hydrogen-bond acceptors (Lipinski definition) is 3. The molecule has 1 aromatic carbocycles. The lowest BCUT2D eigenvalue weighted by atomic mass is 10.0. The van der Waals surface area contributed by atoms with Crippen LogP contribution in [-0.4, -0.2) is 31.2 Å². The van der Waals surface area contributed by atoms with E-state index >= 15 is 0 Å². The lowest BCUT2D eigenvalue weighted by Gasteiger charge is -2.30. The largest absolute Gasteiger partial charge is 0.368 e. The second-order valence-corrected chi connectivity index (χ2v) is 5.19. The minimum Gasteiger partial charge on any atom is -0.368 e. The predicted octanol–water partition coefficient (Wildman–Crippen LogP) is 2.94. The molecule has 2 heterocycles. The highest BCUT2D eigenvalue weighted by molar-refractivity contribution is 5.94. The molecule has 0 radical (unpaired) electrons. The Kier molecular flexibility index (Phi) is 4.84. The average molecular weight is 292 g/mol. The fourth-order valence-electron chi connectivity index (χ4n) is 2.87. The Morgan fingerprint density at radius 2 is 2.00 bits per heavy atom. The summed E-state index contributed by atoms with van der Waals surface area (Å²) in [5, 5.41) is 4.71. The van der Waals surface area contributed by atoms with Gasteiger partial charge in [0.05, 0.1) is 5.52 Å². The summed E-state index contributed by atoms with van der Waals surface area (Å²) in [6.45, 7) is 8.58. The minimum absolute atomic E-state index is 0. The third-order valence-electron chi connectivity index (χ3n) is 3.87. The maximum absolute atomic E-state index is 4.76. The lowest BCUT2D eigenvalue weighted by Crippen LogP contribution is -2.43. The standard InChI is InChI=1S/C16H21N3.ClH/c1-3-13-5-4-6-14-15(11-12(2)18-16(13)14)19-9-7-17-8-10-19;/h4-6,11,17H,3,7-10H2,1-2H3;1H. The Morgan fingerprint density at radius 1 is 1.25 bits per heavy atom. The van der Waals surface area contributed by atoms with Crippen LogP contribution in [-0.2, 0) is 6.42 Å². The molecule has 3 nitrogen and oxygen atoms in total. The van der Waals surface area contributed by atoms with Crippen molar-refractivity contribution in [3.63, 3.8) is 0 Å². The molecule has 1 aromatic heterocycles. The van der Waals surface area contributed by atoms with Crippen LogP contribution >= 0.6 is 12.4 Å². The molecule has 0 aliphatic carbocycles. The van der Waals surface area contributed by atoms with Crippen LogP contribution in [0, 0.1) is 6.92 Å². The number of fused-ring (bicyclic) bond motifs is 1. The topological polar surface area (TPSA) is 28.2 Å². The smallest absolute Gasteiger partial charge is 0.0757 e. The summed E-state index contributed by atoms with van der Waals surface area (Å²) in [6.07, 6.45) is 1.04. The van der Waals surface area contributed by atoms with Crippen LogP contribution in [0.2, 0.25) is 0 Å². The molecule has 108 valence electrons. The molecule has 1 saturated heterocycles. The molecular weight excluding hydrogens is 270 g/mol. The fraction of sp³-hybridized carbons (Fsp3) is 0.438. The van der Waals surface area contributed by atoms with E-state index in [2.05, 4.69) is 48.3 Å². The monoisotopic (exact) mass is 291 g/mol. The highest BCUT2D eigenvalue weighted by Gasteiger charge is 2.15. The Morgan fingerprint density at radius 3 is 2.70 bits per heavy atom. The highest BCUT2D eigenvalue weighted by atomic mass is 35.5. The molecule has 0 bridgehead atoms. The van der Waals surface area contributed by atoms with E-state index in [4.69, 9.17) is 4.98 Å². The Balaban J connectivity index is 0.00000147. The first-order chi connectivity index (χ1) is 9.29. The number of piperazine rings is 1. The van der Waals surface area contributed by atoms with Crippen LogP contribution in [0.25, 0.3) is 10.9 Å². The molecule has 1 aliphatic rings. The van der Waals surface area contributed by atoms with E-state index in [1.54, 1.807) is 0 Å². The first kappa shape index (κ1) is 15.1. The van der Waals surface area contributed by atoms with Gasteiger partial charge in [-0.05, 0) is 25.0 Å². The molecule has 2 aromatic rings. The molecule has 1 aliphatic heterocycles. The van der Waals surface area contributed by atoms with E-state index in [0.717, 1.165) is 38.3 Å². The number of pyridine rings is 1. The van der Waals surface area contributed by atoms with Gasteiger partial charge in [0.2, 0.25) is 0 Å². The van der Waals surface area contributed by atoms with Crippen molar-refractivity contribution in [2.24, 2.45) is 0 Å². The first-order valence-corrected chi connectivity index (χ1v) is 7.14. The number of para-hydroxylation sites is 1. The van der Waals surface area contributed by atoms with Gasteiger partial charge in [0.15, 0.2) is 0 Å². The Labute approximate surface area is 126 Å². The summed E-state index contributed by atoms with van der Waals surface area (Å²) in [7, 11) is 0. The van der Waals surface area contributed by atoms with Gasteiger partial charge in [-0.2, -0.15) is 0 Å². The molecule has 0 spiro atoms. The lowest BCUT2D eigenvalue weighted by molar-refractivity contribution is 0.590. The van der Waals surface area contributed by atoms with Crippen molar-refractivity contribution >= 4 is 29.0 Å².